The number of rotatable bonds is 17. The van der Waals surface area contributed by atoms with E-state index in [9.17, 15) is 4.79 Å². The molecule has 0 aromatic heterocycles. The monoisotopic (exact) mass is 326 g/mol. The summed E-state index contributed by atoms with van der Waals surface area (Å²) in [5.74, 6) is 0.166. The lowest BCUT2D eigenvalue weighted by Gasteiger charge is -2.17. The third-order valence-corrected chi connectivity index (χ3v) is 4.06. The summed E-state index contributed by atoms with van der Waals surface area (Å²) in [6.07, 6.45) is 15.1. The quantitative estimate of drug-likeness (QED) is 0.242. The smallest absolute Gasteiger partial charge is 0.220 e. The maximum Gasteiger partial charge on any atom is 0.220 e. The molecule has 1 amide bonds. The Balaban J connectivity index is 3.33. The maximum absolute atomic E-state index is 11.7. The molecule has 0 aliphatic heterocycles. The Labute approximate surface area is 143 Å². The third kappa shape index (κ3) is 17.3. The molecule has 0 spiro atoms. The summed E-state index contributed by atoms with van der Waals surface area (Å²) in [6, 6.07) is 0. The summed E-state index contributed by atoms with van der Waals surface area (Å²) in [4.78, 5) is 13.9. The van der Waals surface area contributed by atoms with Gasteiger partial charge in [-0.25, -0.2) is 0 Å². The number of carbonyl (C=O) groups is 1. The van der Waals surface area contributed by atoms with Gasteiger partial charge in [0, 0.05) is 13.0 Å². The van der Waals surface area contributed by atoms with Crippen LogP contribution in [-0.2, 0) is 4.79 Å². The number of unbranched alkanes of at least 4 members (excludes halogenated alkanes) is 9. The lowest BCUT2D eigenvalue weighted by atomic mass is 10.1. The van der Waals surface area contributed by atoms with Crippen molar-refractivity contribution in [1.82, 2.24) is 10.2 Å². The first kappa shape index (κ1) is 22.1. The minimum Gasteiger partial charge on any atom is -0.396 e. The topological polar surface area (TPSA) is 52.6 Å². The van der Waals surface area contributed by atoms with E-state index < -0.39 is 0 Å². The fourth-order valence-electron chi connectivity index (χ4n) is 2.52. The fourth-order valence-corrected chi connectivity index (χ4v) is 2.52. The van der Waals surface area contributed by atoms with Crippen molar-refractivity contribution < 1.29 is 9.90 Å². The van der Waals surface area contributed by atoms with Gasteiger partial charge in [-0.1, -0.05) is 44.6 Å². The number of hydrogen-bond donors (Lipinski definition) is 2. The van der Waals surface area contributed by atoms with Crippen molar-refractivity contribution >= 4 is 5.91 Å². The Morgan fingerprint density at radius 1 is 1.00 bits per heavy atom. The van der Waals surface area contributed by atoms with E-state index in [0.29, 0.717) is 19.7 Å². The largest absolute Gasteiger partial charge is 0.396 e. The summed E-state index contributed by atoms with van der Waals surface area (Å²) in [7, 11) is 2.06. The average Bonchev–Trinajstić information content (AvgIpc) is 2.55. The molecule has 0 heterocycles. The number of allylic oxidation sites excluding steroid dienone is 1. The molecule has 4 heteroatoms. The number of nitrogens with zero attached hydrogens (tertiary/aromatic N) is 1. The van der Waals surface area contributed by atoms with E-state index >= 15 is 0 Å². The Morgan fingerprint density at radius 3 is 2.26 bits per heavy atom. The molecule has 2 N–H and O–H groups in total. The Bertz CT molecular complexity index is 283. The molecule has 0 aromatic rings. The lowest BCUT2D eigenvalue weighted by Crippen LogP contribution is -2.35. The number of amides is 1. The second-order valence-electron chi connectivity index (χ2n) is 6.42. The van der Waals surface area contributed by atoms with Crippen LogP contribution in [0.5, 0.6) is 0 Å². The molecule has 0 unspecified atom stereocenters. The van der Waals surface area contributed by atoms with Gasteiger partial charge in [0.05, 0.1) is 6.67 Å². The summed E-state index contributed by atoms with van der Waals surface area (Å²) in [5.41, 5.74) is 0. The molecule has 0 saturated carbocycles. The number of carbonyl (C=O) groups excluding carboxylic acids is 1. The minimum atomic E-state index is 0.166. The van der Waals surface area contributed by atoms with Gasteiger partial charge in [0.1, 0.15) is 0 Å². The highest BCUT2D eigenvalue weighted by molar-refractivity contribution is 5.75. The van der Waals surface area contributed by atoms with Gasteiger partial charge in [-0.3, -0.25) is 9.69 Å². The van der Waals surface area contributed by atoms with E-state index in [1.807, 2.05) is 6.08 Å². The van der Waals surface area contributed by atoms with Gasteiger partial charge in [-0.05, 0) is 45.7 Å². The maximum atomic E-state index is 11.7. The molecule has 0 radical (unpaired) electrons. The zero-order chi connectivity index (χ0) is 17.2. The highest BCUT2D eigenvalue weighted by Gasteiger charge is 2.03. The molecule has 0 aromatic carbocycles. The highest BCUT2D eigenvalue weighted by atomic mass is 16.2. The number of aliphatic hydroxyl groups excluding tert-OH is 1. The van der Waals surface area contributed by atoms with Gasteiger partial charge in [0.25, 0.3) is 0 Å². The van der Waals surface area contributed by atoms with Gasteiger partial charge in [-0.15, -0.1) is 6.58 Å². The van der Waals surface area contributed by atoms with Crippen molar-refractivity contribution in [2.75, 3.05) is 26.9 Å². The van der Waals surface area contributed by atoms with Crippen LogP contribution in [0.2, 0.25) is 0 Å². The van der Waals surface area contributed by atoms with Crippen molar-refractivity contribution in [1.29, 1.82) is 0 Å². The van der Waals surface area contributed by atoms with E-state index in [1.54, 1.807) is 0 Å². The third-order valence-electron chi connectivity index (χ3n) is 4.06. The number of aliphatic hydroxyl groups is 1. The predicted molar refractivity (Wildman–Crippen MR) is 98.3 cm³/mol. The molecule has 0 bridgehead atoms. The second kappa shape index (κ2) is 17.5. The van der Waals surface area contributed by atoms with Crippen LogP contribution in [-0.4, -0.2) is 42.8 Å². The molecule has 4 nitrogen and oxygen atoms in total. The van der Waals surface area contributed by atoms with Gasteiger partial charge in [0.15, 0.2) is 0 Å². The molecule has 23 heavy (non-hydrogen) atoms. The van der Waals surface area contributed by atoms with Crippen molar-refractivity contribution in [3.8, 4) is 0 Å². The number of hydrogen-bond acceptors (Lipinski definition) is 3. The van der Waals surface area contributed by atoms with Crippen molar-refractivity contribution in [2.24, 2.45) is 0 Å². The van der Waals surface area contributed by atoms with Gasteiger partial charge < -0.3 is 10.4 Å². The van der Waals surface area contributed by atoms with Gasteiger partial charge in [-0.2, -0.15) is 0 Å². The van der Waals surface area contributed by atoms with Crippen LogP contribution < -0.4 is 5.32 Å². The van der Waals surface area contributed by atoms with Crippen LogP contribution in [0.15, 0.2) is 12.7 Å². The normalized spacial score (nSPS) is 10.9. The zero-order valence-electron chi connectivity index (χ0n) is 15.2. The molecule has 0 fully saturated rings. The molecule has 0 saturated heterocycles. The standard InChI is InChI=1S/C19H38N2O2/c1-3-4-5-9-12-15-19(23)20-18-21(2)16-13-10-7-6-8-11-14-17-22/h3,22H,1,4-18H2,2H3,(H,20,23). The summed E-state index contributed by atoms with van der Waals surface area (Å²) >= 11 is 0. The van der Waals surface area contributed by atoms with Crippen LogP contribution >= 0.6 is 0 Å². The zero-order valence-corrected chi connectivity index (χ0v) is 15.2. The average molecular weight is 327 g/mol. The van der Waals surface area contributed by atoms with Crippen LogP contribution in [0.4, 0.5) is 0 Å². The molecule has 0 rings (SSSR count). The Hall–Kier alpha value is -0.870. The SMILES string of the molecule is C=CCCCCCC(=O)NCN(C)CCCCCCCCCO. The Kier molecular flexibility index (Phi) is 16.8. The first-order valence-electron chi connectivity index (χ1n) is 9.37. The molecule has 0 aliphatic carbocycles. The van der Waals surface area contributed by atoms with E-state index in [-0.39, 0.29) is 5.91 Å². The predicted octanol–water partition coefficient (Wildman–Crippen LogP) is 3.85. The van der Waals surface area contributed by atoms with Gasteiger partial charge >= 0.3 is 0 Å². The first-order chi connectivity index (χ1) is 11.2. The molecular formula is C19H38N2O2. The molecular weight excluding hydrogens is 288 g/mol. The van der Waals surface area contributed by atoms with E-state index in [2.05, 4.69) is 23.8 Å². The van der Waals surface area contributed by atoms with Crippen LogP contribution in [0.25, 0.3) is 0 Å². The van der Waals surface area contributed by atoms with E-state index in [0.717, 1.165) is 45.1 Å². The van der Waals surface area contributed by atoms with Crippen LogP contribution in [0.1, 0.15) is 77.0 Å². The van der Waals surface area contributed by atoms with Crippen molar-refractivity contribution in [2.45, 2.75) is 77.0 Å². The van der Waals surface area contributed by atoms with Crippen molar-refractivity contribution in [3.63, 3.8) is 0 Å². The van der Waals surface area contributed by atoms with Crippen LogP contribution in [0.3, 0.4) is 0 Å². The van der Waals surface area contributed by atoms with Gasteiger partial charge in [0.2, 0.25) is 5.91 Å². The minimum absolute atomic E-state index is 0.166. The Morgan fingerprint density at radius 2 is 1.61 bits per heavy atom. The summed E-state index contributed by atoms with van der Waals surface area (Å²) in [6.45, 7) is 5.72. The lowest BCUT2D eigenvalue weighted by molar-refractivity contribution is -0.121. The first-order valence-corrected chi connectivity index (χ1v) is 9.37. The molecule has 0 atom stereocenters. The van der Waals surface area contributed by atoms with Crippen molar-refractivity contribution in [3.05, 3.63) is 12.7 Å². The summed E-state index contributed by atoms with van der Waals surface area (Å²) in [5, 5.41) is 11.7. The summed E-state index contributed by atoms with van der Waals surface area (Å²) < 4.78 is 0. The second-order valence-corrected chi connectivity index (χ2v) is 6.42. The highest BCUT2D eigenvalue weighted by Crippen LogP contribution is 2.07. The van der Waals surface area contributed by atoms with E-state index in [4.69, 9.17) is 5.11 Å². The molecule has 0 aliphatic rings. The van der Waals surface area contributed by atoms with E-state index in [1.165, 1.54) is 32.1 Å². The fraction of sp³-hybridized carbons (Fsp3) is 0.842. The van der Waals surface area contributed by atoms with Crippen LogP contribution in [0, 0.1) is 0 Å². The number of nitrogens with one attached hydrogen (secondary N) is 1. The molecule has 136 valence electrons.